The molecule has 3 rings (SSSR count). The van der Waals surface area contributed by atoms with Crippen molar-refractivity contribution in [2.75, 3.05) is 0 Å². The van der Waals surface area contributed by atoms with Gasteiger partial charge in [0.25, 0.3) is 0 Å². The Labute approximate surface area is 154 Å². The second-order valence-corrected chi connectivity index (χ2v) is 8.20. The number of aromatic nitrogens is 2. The molecule has 1 aromatic heterocycles. The van der Waals surface area contributed by atoms with Gasteiger partial charge in [-0.15, -0.1) is 0 Å². The van der Waals surface area contributed by atoms with Crippen LogP contribution in [-0.4, -0.2) is 18.6 Å². The van der Waals surface area contributed by atoms with Gasteiger partial charge >= 0.3 is 0 Å². The molecule has 1 N–H and O–H groups in total. The second kappa shape index (κ2) is 7.07. The topological polar surface area (TPSA) is 85.1 Å². The van der Waals surface area contributed by atoms with E-state index in [1.807, 2.05) is 31.2 Å². The van der Waals surface area contributed by atoms with E-state index in [0.717, 1.165) is 15.6 Å². The van der Waals surface area contributed by atoms with Gasteiger partial charge in [0.1, 0.15) is 0 Å². The van der Waals surface area contributed by atoms with Crippen molar-refractivity contribution in [3.05, 3.63) is 64.5 Å². The van der Waals surface area contributed by atoms with E-state index in [-0.39, 0.29) is 10.8 Å². The Hall–Kier alpha value is -2.03. The standard InChI is InChI=1S/C17H16BrN3O3S/c1-11-5-3-4-6-15(11)16-19-17(24-20-16)12(2)21-25(22,23)14-9-7-13(18)8-10-14/h3-10,12,21H,1-2H3. The number of nitrogens with zero attached hydrogens (tertiary/aromatic N) is 2. The zero-order valence-electron chi connectivity index (χ0n) is 13.6. The summed E-state index contributed by atoms with van der Waals surface area (Å²) in [5.74, 6) is 0.640. The van der Waals surface area contributed by atoms with Crippen molar-refractivity contribution in [3.8, 4) is 11.4 Å². The minimum absolute atomic E-state index is 0.168. The third-order valence-corrected chi connectivity index (χ3v) is 5.74. The molecule has 0 aliphatic carbocycles. The molecule has 0 aliphatic heterocycles. The van der Waals surface area contributed by atoms with Gasteiger partial charge in [0.05, 0.1) is 10.9 Å². The maximum Gasteiger partial charge on any atom is 0.244 e. The minimum Gasteiger partial charge on any atom is -0.337 e. The first-order chi connectivity index (χ1) is 11.9. The normalized spacial score (nSPS) is 12.9. The largest absolute Gasteiger partial charge is 0.337 e. The lowest BCUT2D eigenvalue weighted by Gasteiger charge is -2.10. The number of aryl methyl sites for hydroxylation is 1. The average molecular weight is 422 g/mol. The molecule has 0 spiro atoms. The molecule has 0 saturated heterocycles. The lowest BCUT2D eigenvalue weighted by Crippen LogP contribution is -2.27. The van der Waals surface area contributed by atoms with E-state index in [0.29, 0.717) is 5.82 Å². The van der Waals surface area contributed by atoms with Crippen LogP contribution in [0.2, 0.25) is 0 Å². The van der Waals surface area contributed by atoms with Gasteiger partial charge in [0, 0.05) is 10.0 Å². The highest BCUT2D eigenvalue weighted by Gasteiger charge is 2.23. The summed E-state index contributed by atoms with van der Waals surface area (Å²) in [6, 6.07) is 13.4. The van der Waals surface area contributed by atoms with Crippen molar-refractivity contribution in [1.82, 2.24) is 14.9 Å². The molecular formula is C17H16BrN3O3S. The van der Waals surface area contributed by atoms with Crippen LogP contribution in [0.15, 0.2) is 62.4 Å². The molecule has 0 radical (unpaired) electrons. The van der Waals surface area contributed by atoms with E-state index in [4.69, 9.17) is 4.52 Å². The summed E-state index contributed by atoms with van der Waals surface area (Å²) in [7, 11) is -3.69. The van der Waals surface area contributed by atoms with E-state index in [1.165, 1.54) is 12.1 Å². The molecule has 0 amide bonds. The lowest BCUT2D eigenvalue weighted by molar-refractivity contribution is 0.354. The fourth-order valence-corrected chi connectivity index (χ4v) is 3.77. The van der Waals surface area contributed by atoms with Gasteiger partial charge in [-0.2, -0.15) is 9.71 Å². The Balaban J connectivity index is 1.81. The van der Waals surface area contributed by atoms with Crippen LogP contribution in [0.4, 0.5) is 0 Å². The smallest absolute Gasteiger partial charge is 0.244 e. The Morgan fingerprint density at radius 2 is 1.80 bits per heavy atom. The summed E-state index contributed by atoms with van der Waals surface area (Å²) in [4.78, 5) is 4.49. The zero-order valence-corrected chi connectivity index (χ0v) is 16.0. The van der Waals surface area contributed by atoms with Gasteiger partial charge in [0.2, 0.25) is 21.7 Å². The zero-order chi connectivity index (χ0) is 18.0. The number of nitrogens with one attached hydrogen (secondary N) is 1. The Kier molecular flexibility index (Phi) is 5.03. The van der Waals surface area contributed by atoms with Crippen LogP contribution in [0.3, 0.4) is 0 Å². The van der Waals surface area contributed by atoms with Gasteiger partial charge < -0.3 is 4.52 Å². The SMILES string of the molecule is Cc1ccccc1-c1noc(C(C)NS(=O)(=O)c2ccc(Br)cc2)n1. The van der Waals surface area contributed by atoms with Crippen molar-refractivity contribution in [1.29, 1.82) is 0 Å². The second-order valence-electron chi connectivity index (χ2n) is 5.57. The van der Waals surface area contributed by atoms with Crippen LogP contribution < -0.4 is 4.72 Å². The van der Waals surface area contributed by atoms with Crippen molar-refractivity contribution in [2.24, 2.45) is 0 Å². The van der Waals surface area contributed by atoms with Crippen molar-refractivity contribution < 1.29 is 12.9 Å². The predicted molar refractivity (Wildman–Crippen MR) is 97.3 cm³/mol. The summed E-state index contributed by atoms with van der Waals surface area (Å²) < 4.78 is 33.5. The van der Waals surface area contributed by atoms with Crippen LogP contribution in [0.25, 0.3) is 11.4 Å². The molecule has 8 heteroatoms. The van der Waals surface area contributed by atoms with Gasteiger partial charge in [-0.05, 0) is 43.7 Å². The maximum atomic E-state index is 12.4. The Bertz CT molecular complexity index is 984. The monoisotopic (exact) mass is 421 g/mol. The molecule has 1 heterocycles. The van der Waals surface area contributed by atoms with Gasteiger partial charge in [0.15, 0.2) is 0 Å². The molecule has 3 aromatic rings. The van der Waals surface area contributed by atoms with Crippen LogP contribution >= 0.6 is 15.9 Å². The molecule has 0 saturated carbocycles. The van der Waals surface area contributed by atoms with Crippen LogP contribution in [0.5, 0.6) is 0 Å². The molecule has 1 unspecified atom stereocenters. The molecule has 6 nitrogen and oxygen atoms in total. The Morgan fingerprint density at radius 1 is 1.12 bits per heavy atom. The van der Waals surface area contributed by atoms with Gasteiger partial charge in [-0.25, -0.2) is 8.42 Å². The number of sulfonamides is 1. The average Bonchev–Trinajstić information content (AvgIpc) is 3.05. The summed E-state index contributed by atoms with van der Waals surface area (Å²) in [6.45, 7) is 3.61. The third-order valence-electron chi connectivity index (χ3n) is 3.65. The summed E-state index contributed by atoms with van der Waals surface area (Å²) in [6.07, 6.45) is 0. The Morgan fingerprint density at radius 3 is 2.48 bits per heavy atom. The van der Waals surface area contributed by atoms with E-state index < -0.39 is 16.1 Å². The number of rotatable bonds is 5. The van der Waals surface area contributed by atoms with Crippen molar-refractivity contribution in [3.63, 3.8) is 0 Å². The van der Waals surface area contributed by atoms with Crippen LogP contribution in [-0.2, 0) is 10.0 Å². The molecule has 1 atom stereocenters. The molecule has 0 aliphatic rings. The first kappa shape index (κ1) is 17.8. The molecule has 25 heavy (non-hydrogen) atoms. The van der Waals surface area contributed by atoms with E-state index in [9.17, 15) is 8.42 Å². The quantitative estimate of drug-likeness (QED) is 0.675. The maximum absolute atomic E-state index is 12.4. The summed E-state index contributed by atoms with van der Waals surface area (Å²) >= 11 is 3.28. The van der Waals surface area contributed by atoms with Gasteiger partial charge in [-0.3, -0.25) is 0 Å². The number of benzene rings is 2. The third kappa shape index (κ3) is 3.97. The lowest BCUT2D eigenvalue weighted by atomic mass is 10.1. The molecule has 130 valence electrons. The highest BCUT2D eigenvalue weighted by molar-refractivity contribution is 9.10. The minimum atomic E-state index is -3.69. The van der Waals surface area contributed by atoms with E-state index >= 15 is 0 Å². The summed E-state index contributed by atoms with van der Waals surface area (Å²) in [5.41, 5.74) is 1.86. The molecular weight excluding hydrogens is 406 g/mol. The van der Waals surface area contributed by atoms with Crippen LogP contribution in [0.1, 0.15) is 24.4 Å². The highest BCUT2D eigenvalue weighted by Crippen LogP contribution is 2.23. The predicted octanol–water partition coefficient (Wildman–Crippen LogP) is 3.85. The molecule has 2 aromatic carbocycles. The molecule has 0 fully saturated rings. The fourth-order valence-electron chi connectivity index (χ4n) is 2.31. The number of hydrogen-bond acceptors (Lipinski definition) is 5. The van der Waals surface area contributed by atoms with Crippen molar-refractivity contribution >= 4 is 26.0 Å². The van der Waals surface area contributed by atoms with Crippen LogP contribution in [0, 0.1) is 6.92 Å². The molecule has 0 bridgehead atoms. The number of halogens is 1. The number of hydrogen-bond donors (Lipinski definition) is 1. The van der Waals surface area contributed by atoms with Crippen molar-refractivity contribution in [2.45, 2.75) is 24.8 Å². The highest BCUT2D eigenvalue weighted by atomic mass is 79.9. The van der Waals surface area contributed by atoms with Gasteiger partial charge in [-0.1, -0.05) is 45.4 Å². The first-order valence-electron chi connectivity index (χ1n) is 7.54. The van der Waals surface area contributed by atoms with E-state index in [2.05, 4.69) is 30.8 Å². The van der Waals surface area contributed by atoms with E-state index in [1.54, 1.807) is 19.1 Å². The summed E-state index contributed by atoms with van der Waals surface area (Å²) in [5, 5.41) is 3.96. The first-order valence-corrected chi connectivity index (χ1v) is 9.82. The fraction of sp³-hybridized carbons (Fsp3) is 0.176.